The smallest absolute Gasteiger partial charge is 0.220 e. The first kappa shape index (κ1) is 20.1. The van der Waals surface area contributed by atoms with E-state index in [9.17, 15) is 18.3 Å². The quantitative estimate of drug-likeness (QED) is 0.637. The van der Waals surface area contributed by atoms with Gasteiger partial charge in [0.05, 0.1) is 11.0 Å². The van der Waals surface area contributed by atoms with Gasteiger partial charge in [-0.05, 0) is 53.3 Å². The first-order chi connectivity index (χ1) is 13.2. The van der Waals surface area contributed by atoms with Crippen LogP contribution in [0.5, 0.6) is 0 Å². The van der Waals surface area contributed by atoms with Gasteiger partial charge in [0.25, 0.3) is 0 Å². The van der Waals surface area contributed by atoms with Crippen molar-refractivity contribution >= 4 is 26.6 Å². The maximum Gasteiger partial charge on any atom is 0.220 e. The number of hydrogen-bond acceptors (Lipinski definition) is 4. The van der Waals surface area contributed by atoms with Gasteiger partial charge in [-0.15, -0.1) is 0 Å². The second kappa shape index (κ2) is 8.16. The van der Waals surface area contributed by atoms with Gasteiger partial charge in [0.15, 0.2) is 9.84 Å². The van der Waals surface area contributed by atoms with E-state index in [1.54, 1.807) is 24.3 Å². The molecule has 0 saturated carbocycles. The number of nitrogens with one attached hydrogen (secondary N) is 1. The summed E-state index contributed by atoms with van der Waals surface area (Å²) >= 11 is 0. The summed E-state index contributed by atoms with van der Waals surface area (Å²) in [5.41, 5.74) is 2.73. The number of hydrogen-bond donors (Lipinski definition) is 2. The van der Waals surface area contributed by atoms with Crippen molar-refractivity contribution in [1.82, 2.24) is 9.88 Å². The Balaban J connectivity index is 1.50. The Morgan fingerprint density at radius 1 is 1.14 bits per heavy atom. The average Bonchev–Trinajstić information content (AvgIpc) is 3.04. The lowest BCUT2D eigenvalue weighted by molar-refractivity contribution is -0.121. The van der Waals surface area contributed by atoms with Gasteiger partial charge in [0.1, 0.15) is 0 Å². The number of aryl methyl sites for hydroxylation is 2. The number of amides is 1. The largest absolute Gasteiger partial charge is 0.387 e. The maximum atomic E-state index is 12.1. The molecule has 0 aliphatic rings. The van der Waals surface area contributed by atoms with Gasteiger partial charge in [0.2, 0.25) is 5.91 Å². The minimum atomic E-state index is -3.22. The Morgan fingerprint density at radius 3 is 2.54 bits per heavy atom. The molecule has 2 aromatic carbocycles. The number of carbonyl (C=O) groups is 1. The van der Waals surface area contributed by atoms with E-state index in [-0.39, 0.29) is 23.8 Å². The Bertz CT molecular complexity index is 1090. The minimum absolute atomic E-state index is 0.143. The lowest BCUT2D eigenvalue weighted by atomic mass is 10.1. The van der Waals surface area contributed by atoms with Crippen molar-refractivity contribution in [2.45, 2.75) is 23.8 Å². The lowest BCUT2D eigenvalue weighted by Crippen LogP contribution is -2.28. The summed E-state index contributed by atoms with van der Waals surface area (Å²) in [5, 5.41) is 14.1. The Labute approximate surface area is 164 Å². The molecule has 0 spiro atoms. The molecule has 3 rings (SSSR count). The third-order valence-electron chi connectivity index (χ3n) is 4.78. The molecule has 0 bridgehead atoms. The van der Waals surface area contributed by atoms with Crippen LogP contribution in [0.25, 0.3) is 10.9 Å². The average molecular weight is 401 g/mol. The van der Waals surface area contributed by atoms with Gasteiger partial charge in [-0.25, -0.2) is 8.42 Å². The van der Waals surface area contributed by atoms with E-state index in [0.29, 0.717) is 6.42 Å². The molecule has 1 amide bonds. The topological polar surface area (TPSA) is 88.4 Å². The summed E-state index contributed by atoms with van der Waals surface area (Å²) in [6.07, 6.45) is 3.12. The molecular formula is C21H24N2O4S. The highest BCUT2D eigenvalue weighted by molar-refractivity contribution is 7.90. The van der Waals surface area contributed by atoms with Gasteiger partial charge >= 0.3 is 0 Å². The molecule has 148 valence electrons. The summed E-state index contributed by atoms with van der Waals surface area (Å²) in [6, 6.07) is 14.3. The summed E-state index contributed by atoms with van der Waals surface area (Å²) in [6.45, 7) is 0.143. The van der Waals surface area contributed by atoms with Crippen molar-refractivity contribution in [1.29, 1.82) is 0 Å². The van der Waals surface area contributed by atoms with Crippen molar-refractivity contribution in [3.05, 3.63) is 65.9 Å². The number of aliphatic hydroxyl groups excluding tert-OH is 1. The van der Waals surface area contributed by atoms with Gasteiger partial charge in [-0.3, -0.25) is 4.79 Å². The molecule has 0 radical (unpaired) electrons. The van der Waals surface area contributed by atoms with Crippen LogP contribution in [0.3, 0.4) is 0 Å². The number of aromatic nitrogens is 1. The van der Waals surface area contributed by atoms with Crippen LogP contribution < -0.4 is 5.32 Å². The summed E-state index contributed by atoms with van der Waals surface area (Å²) in [4.78, 5) is 12.3. The molecule has 1 heterocycles. The normalized spacial score (nSPS) is 12.8. The SMILES string of the molecule is Cn1ccc2cc(C(O)CNC(=O)CCc3ccc(S(C)(=O)=O)cc3)ccc21. The predicted octanol–water partition coefficient (Wildman–Crippen LogP) is 2.36. The van der Waals surface area contributed by atoms with Crippen molar-refractivity contribution in [2.75, 3.05) is 12.8 Å². The number of benzene rings is 2. The fourth-order valence-electron chi connectivity index (χ4n) is 3.09. The van der Waals surface area contributed by atoms with Crippen molar-refractivity contribution < 1.29 is 18.3 Å². The van der Waals surface area contributed by atoms with Crippen LogP contribution in [-0.4, -0.2) is 36.8 Å². The van der Waals surface area contributed by atoms with Crippen LogP contribution >= 0.6 is 0 Å². The van der Waals surface area contributed by atoms with Crippen molar-refractivity contribution in [3.8, 4) is 0 Å². The van der Waals surface area contributed by atoms with Crippen LogP contribution in [-0.2, 0) is 28.1 Å². The van der Waals surface area contributed by atoms with Crippen LogP contribution in [0.4, 0.5) is 0 Å². The number of rotatable bonds is 7. The molecule has 28 heavy (non-hydrogen) atoms. The standard InChI is InChI=1S/C21H24N2O4S/c1-23-12-11-16-13-17(6-9-19(16)23)20(24)14-22-21(25)10-5-15-3-7-18(8-4-15)28(2,26)27/h3-4,6-9,11-13,20,24H,5,10,14H2,1-2H3,(H,22,25). The number of nitrogens with zero attached hydrogens (tertiary/aromatic N) is 1. The van der Waals surface area contributed by atoms with E-state index in [2.05, 4.69) is 5.32 Å². The van der Waals surface area contributed by atoms with E-state index in [4.69, 9.17) is 0 Å². The zero-order valence-electron chi connectivity index (χ0n) is 15.9. The fraction of sp³-hybridized carbons (Fsp3) is 0.286. The molecule has 0 aliphatic heterocycles. The number of fused-ring (bicyclic) bond motifs is 1. The highest BCUT2D eigenvalue weighted by Crippen LogP contribution is 2.21. The fourth-order valence-corrected chi connectivity index (χ4v) is 3.72. The molecule has 1 aromatic heterocycles. The molecule has 0 fully saturated rings. The Morgan fingerprint density at radius 2 is 1.86 bits per heavy atom. The highest BCUT2D eigenvalue weighted by atomic mass is 32.2. The first-order valence-electron chi connectivity index (χ1n) is 9.03. The second-order valence-corrected chi connectivity index (χ2v) is 9.00. The molecule has 0 aliphatic carbocycles. The molecule has 0 saturated heterocycles. The van der Waals surface area contributed by atoms with E-state index < -0.39 is 15.9 Å². The van der Waals surface area contributed by atoms with Crippen LogP contribution in [0.15, 0.2) is 59.6 Å². The van der Waals surface area contributed by atoms with E-state index in [1.165, 1.54) is 0 Å². The third-order valence-corrected chi connectivity index (χ3v) is 5.91. The van der Waals surface area contributed by atoms with Gasteiger partial charge in [-0.1, -0.05) is 18.2 Å². The molecule has 7 heteroatoms. The van der Waals surface area contributed by atoms with E-state index >= 15 is 0 Å². The second-order valence-electron chi connectivity index (χ2n) is 6.98. The monoisotopic (exact) mass is 400 g/mol. The zero-order valence-corrected chi connectivity index (χ0v) is 16.7. The van der Waals surface area contributed by atoms with Gasteiger partial charge in [0, 0.05) is 38.0 Å². The molecule has 6 nitrogen and oxygen atoms in total. The maximum absolute atomic E-state index is 12.1. The van der Waals surface area contributed by atoms with Crippen LogP contribution in [0.2, 0.25) is 0 Å². The highest BCUT2D eigenvalue weighted by Gasteiger charge is 2.12. The predicted molar refractivity (Wildman–Crippen MR) is 109 cm³/mol. The molecular weight excluding hydrogens is 376 g/mol. The molecule has 3 aromatic rings. The first-order valence-corrected chi connectivity index (χ1v) is 10.9. The summed E-state index contributed by atoms with van der Waals surface area (Å²) < 4.78 is 24.9. The zero-order chi connectivity index (χ0) is 20.3. The number of aliphatic hydroxyl groups is 1. The Hall–Kier alpha value is -2.64. The third kappa shape index (κ3) is 4.79. The van der Waals surface area contributed by atoms with Crippen LogP contribution in [0, 0.1) is 0 Å². The molecule has 2 N–H and O–H groups in total. The minimum Gasteiger partial charge on any atom is -0.387 e. The van der Waals surface area contributed by atoms with Gasteiger partial charge in [-0.2, -0.15) is 0 Å². The summed E-state index contributed by atoms with van der Waals surface area (Å²) in [7, 11) is -1.25. The van der Waals surface area contributed by atoms with Gasteiger partial charge < -0.3 is 15.0 Å². The summed E-state index contributed by atoms with van der Waals surface area (Å²) in [5.74, 6) is -0.160. The van der Waals surface area contributed by atoms with Crippen molar-refractivity contribution in [2.24, 2.45) is 7.05 Å². The van der Waals surface area contributed by atoms with E-state index in [1.807, 2.05) is 42.1 Å². The number of carbonyl (C=O) groups excluding carboxylic acids is 1. The number of sulfone groups is 1. The Kier molecular flexibility index (Phi) is 5.86. The van der Waals surface area contributed by atoms with E-state index in [0.717, 1.165) is 28.3 Å². The van der Waals surface area contributed by atoms with Crippen molar-refractivity contribution in [3.63, 3.8) is 0 Å². The van der Waals surface area contributed by atoms with Crippen LogP contribution in [0.1, 0.15) is 23.7 Å². The lowest BCUT2D eigenvalue weighted by Gasteiger charge is -2.13. The molecule has 1 unspecified atom stereocenters. The molecule has 1 atom stereocenters.